The number of carbonyl (C=O) groups is 1. The smallest absolute Gasteiger partial charge is 0.267 e. The molecule has 0 saturated carbocycles. The van der Waals surface area contributed by atoms with Crippen molar-refractivity contribution < 1.29 is 4.79 Å². The highest BCUT2D eigenvalue weighted by Gasteiger charge is 2.12. The van der Waals surface area contributed by atoms with Crippen LogP contribution in [0.2, 0.25) is 10.0 Å². The van der Waals surface area contributed by atoms with Crippen LogP contribution in [0.4, 0.5) is 5.95 Å². The molecular formula is C11H9Cl2N5O. The van der Waals surface area contributed by atoms with Gasteiger partial charge in [0, 0.05) is 12.5 Å². The van der Waals surface area contributed by atoms with Crippen molar-refractivity contribution in [2.75, 3.05) is 5.01 Å². The second-order valence-corrected chi connectivity index (χ2v) is 4.47. The van der Waals surface area contributed by atoms with Gasteiger partial charge in [0.15, 0.2) is 0 Å². The Hall–Kier alpha value is -1.76. The zero-order valence-corrected chi connectivity index (χ0v) is 11.4. The molecule has 0 aliphatic heterocycles. The van der Waals surface area contributed by atoms with Crippen molar-refractivity contribution in [1.29, 1.82) is 0 Å². The molecule has 1 heterocycles. The van der Waals surface area contributed by atoms with E-state index in [0.717, 1.165) is 5.01 Å². The zero-order valence-electron chi connectivity index (χ0n) is 9.84. The second kappa shape index (κ2) is 5.48. The van der Waals surface area contributed by atoms with E-state index in [1.165, 1.54) is 13.1 Å². The van der Waals surface area contributed by atoms with Crippen molar-refractivity contribution in [3.63, 3.8) is 0 Å². The molecule has 2 aromatic rings. The van der Waals surface area contributed by atoms with Gasteiger partial charge in [-0.3, -0.25) is 4.79 Å². The van der Waals surface area contributed by atoms with Crippen molar-refractivity contribution in [3.8, 4) is 11.3 Å². The summed E-state index contributed by atoms with van der Waals surface area (Å²) in [6, 6.07) is 5.02. The van der Waals surface area contributed by atoms with Crippen LogP contribution in [0.1, 0.15) is 6.92 Å². The summed E-state index contributed by atoms with van der Waals surface area (Å²) in [5.74, 6) is 5.13. The number of nitrogens with two attached hydrogens (primary N) is 1. The monoisotopic (exact) mass is 297 g/mol. The zero-order chi connectivity index (χ0) is 14.0. The number of nitrogens with zero attached hydrogens (tertiary/aromatic N) is 4. The predicted molar refractivity (Wildman–Crippen MR) is 72.6 cm³/mol. The number of aromatic nitrogens is 3. The van der Waals surface area contributed by atoms with Crippen molar-refractivity contribution in [1.82, 2.24) is 15.2 Å². The molecule has 1 aromatic heterocycles. The van der Waals surface area contributed by atoms with Crippen LogP contribution >= 0.6 is 23.2 Å². The van der Waals surface area contributed by atoms with Gasteiger partial charge >= 0.3 is 0 Å². The van der Waals surface area contributed by atoms with Gasteiger partial charge in [0.05, 0.1) is 21.9 Å². The van der Waals surface area contributed by atoms with Gasteiger partial charge in [0.1, 0.15) is 0 Å². The first-order valence-corrected chi connectivity index (χ1v) is 5.95. The summed E-state index contributed by atoms with van der Waals surface area (Å²) in [7, 11) is 0. The van der Waals surface area contributed by atoms with Crippen LogP contribution in [0.15, 0.2) is 24.4 Å². The molecule has 0 fully saturated rings. The maximum atomic E-state index is 11.1. The molecule has 0 radical (unpaired) electrons. The summed E-state index contributed by atoms with van der Waals surface area (Å²) >= 11 is 11.8. The van der Waals surface area contributed by atoms with Crippen LogP contribution in [0.25, 0.3) is 11.3 Å². The Kier molecular flexibility index (Phi) is 3.94. The van der Waals surface area contributed by atoms with E-state index in [4.69, 9.17) is 29.0 Å². The number of hydrazine groups is 1. The third-order valence-electron chi connectivity index (χ3n) is 2.32. The minimum Gasteiger partial charge on any atom is -0.273 e. The normalized spacial score (nSPS) is 10.3. The Balaban J connectivity index is 2.43. The first-order valence-electron chi connectivity index (χ1n) is 5.19. The quantitative estimate of drug-likeness (QED) is 0.521. The SMILES string of the molecule is CC(=O)N(N)c1nncc(-c2ccc(Cl)c(Cl)c2)n1. The summed E-state index contributed by atoms with van der Waals surface area (Å²) in [5, 5.41) is 9.09. The van der Waals surface area contributed by atoms with Gasteiger partial charge in [-0.05, 0) is 12.1 Å². The average Bonchev–Trinajstić information content (AvgIpc) is 2.41. The van der Waals surface area contributed by atoms with Gasteiger partial charge in [-0.25, -0.2) is 15.8 Å². The Morgan fingerprint density at radius 3 is 2.68 bits per heavy atom. The largest absolute Gasteiger partial charge is 0.273 e. The van der Waals surface area contributed by atoms with Crippen molar-refractivity contribution in [2.45, 2.75) is 6.92 Å². The van der Waals surface area contributed by atoms with Crippen LogP contribution in [0.5, 0.6) is 0 Å². The summed E-state index contributed by atoms with van der Waals surface area (Å²) in [4.78, 5) is 15.3. The molecule has 19 heavy (non-hydrogen) atoms. The molecule has 0 spiro atoms. The van der Waals surface area contributed by atoms with Crippen LogP contribution in [-0.4, -0.2) is 21.1 Å². The van der Waals surface area contributed by atoms with E-state index >= 15 is 0 Å². The maximum absolute atomic E-state index is 11.1. The highest BCUT2D eigenvalue weighted by Crippen LogP contribution is 2.27. The Labute approximate surface area is 119 Å². The number of benzene rings is 1. The molecule has 0 aliphatic rings. The summed E-state index contributed by atoms with van der Waals surface area (Å²) in [6.45, 7) is 1.30. The first-order chi connectivity index (χ1) is 8.99. The van der Waals surface area contributed by atoms with Crippen molar-refractivity contribution >= 4 is 35.1 Å². The third kappa shape index (κ3) is 2.98. The first kappa shape index (κ1) is 13.7. The van der Waals surface area contributed by atoms with Gasteiger partial charge in [-0.1, -0.05) is 29.3 Å². The highest BCUT2D eigenvalue weighted by molar-refractivity contribution is 6.42. The lowest BCUT2D eigenvalue weighted by Gasteiger charge is -2.11. The highest BCUT2D eigenvalue weighted by atomic mass is 35.5. The number of hydrogen-bond donors (Lipinski definition) is 1. The lowest BCUT2D eigenvalue weighted by Crippen LogP contribution is -2.37. The van der Waals surface area contributed by atoms with E-state index in [0.29, 0.717) is 21.3 Å². The lowest BCUT2D eigenvalue weighted by molar-refractivity contribution is -0.116. The molecule has 2 rings (SSSR count). The number of amides is 1. The van der Waals surface area contributed by atoms with E-state index in [1.54, 1.807) is 18.2 Å². The molecule has 1 aromatic carbocycles. The Morgan fingerprint density at radius 2 is 2.05 bits per heavy atom. The fraction of sp³-hybridized carbons (Fsp3) is 0.0909. The summed E-state index contributed by atoms with van der Waals surface area (Å²) < 4.78 is 0. The lowest BCUT2D eigenvalue weighted by atomic mass is 10.2. The van der Waals surface area contributed by atoms with E-state index in [-0.39, 0.29) is 5.95 Å². The molecule has 0 unspecified atom stereocenters. The fourth-order valence-electron chi connectivity index (χ4n) is 1.33. The molecule has 0 aliphatic carbocycles. The maximum Gasteiger partial charge on any atom is 0.267 e. The summed E-state index contributed by atoms with van der Waals surface area (Å²) in [5.41, 5.74) is 1.18. The van der Waals surface area contributed by atoms with Gasteiger partial charge < -0.3 is 0 Å². The number of halogens is 2. The predicted octanol–water partition coefficient (Wildman–Crippen LogP) is 2.07. The van der Waals surface area contributed by atoms with Crippen LogP contribution in [-0.2, 0) is 4.79 Å². The number of rotatable bonds is 2. The van der Waals surface area contributed by atoms with E-state index in [2.05, 4.69) is 15.2 Å². The molecular weight excluding hydrogens is 289 g/mol. The molecule has 8 heteroatoms. The molecule has 0 saturated heterocycles. The van der Waals surface area contributed by atoms with Crippen LogP contribution in [0, 0.1) is 0 Å². The molecule has 0 bridgehead atoms. The Morgan fingerprint density at radius 1 is 1.32 bits per heavy atom. The van der Waals surface area contributed by atoms with E-state index in [1.807, 2.05) is 0 Å². The van der Waals surface area contributed by atoms with Gasteiger partial charge in [-0.2, -0.15) is 5.10 Å². The molecule has 98 valence electrons. The van der Waals surface area contributed by atoms with Crippen molar-refractivity contribution in [3.05, 3.63) is 34.4 Å². The minimum absolute atomic E-state index is 0.0103. The molecule has 2 N–H and O–H groups in total. The standard InChI is InChI=1S/C11H9Cl2N5O/c1-6(19)18(14)11-16-10(5-15-17-11)7-2-3-8(12)9(13)4-7/h2-5H,14H2,1H3. The number of anilines is 1. The fourth-order valence-corrected chi connectivity index (χ4v) is 1.63. The number of hydrogen-bond acceptors (Lipinski definition) is 5. The topological polar surface area (TPSA) is 85.0 Å². The molecule has 6 nitrogen and oxygen atoms in total. The number of carbonyl (C=O) groups excluding carboxylic acids is 1. The van der Waals surface area contributed by atoms with Gasteiger partial charge in [0.2, 0.25) is 5.91 Å². The summed E-state index contributed by atoms with van der Waals surface area (Å²) in [6.07, 6.45) is 1.44. The van der Waals surface area contributed by atoms with Crippen molar-refractivity contribution in [2.24, 2.45) is 5.84 Å². The van der Waals surface area contributed by atoms with Gasteiger partial charge in [0.25, 0.3) is 5.95 Å². The second-order valence-electron chi connectivity index (χ2n) is 3.66. The minimum atomic E-state index is -0.395. The van der Waals surface area contributed by atoms with E-state index in [9.17, 15) is 4.79 Å². The third-order valence-corrected chi connectivity index (χ3v) is 3.06. The van der Waals surface area contributed by atoms with E-state index < -0.39 is 5.91 Å². The molecule has 1 amide bonds. The molecule has 0 atom stereocenters. The van der Waals surface area contributed by atoms with Gasteiger partial charge in [-0.15, -0.1) is 5.10 Å². The Bertz CT molecular complexity index is 634. The average molecular weight is 298 g/mol. The van der Waals surface area contributed by atoms with Crippen LogP contribution < -0.4 is 10.9 Å². The van der Waals surface area contributed by atoms with Crippen LogP contribution in [0.3, 0.4) is 0 Å².